The zero-order chi connectivity index (χ0) is 17.6. The maximum absolute atomic E-state index is 12.7. The summed E-state index contributed by atoms with van der Waals surface area (Å²) >= 11 is 5.14. The number of aromatic nitrogens is 2. The summed E-state index contributed by atoms with van der Waals surface area (Å²) in [6, 6.07) is 8.99. The van der Waals surface area contributed by atoms with Crippen LogP contribution in [0.5, 0.6) is 0 Å². The Balaban J connectivity index is 1.63. The standard InChI is InChI=1S/C17H17N5O2S/c23-15-14(11-18-7-4-9-21-10-8-19-12-21)16(24)22(17(25)20-15)13-5-2-1-3-6-13/h1-3,5-6,8,10-12,14H,4,7,9H2,(H,20,23,25)/t14-/m1/s1. The highest BCUT2D eigenvalue weighted by molar-refractivity contribution is 7.80. The largest absolute Gasteiger partial charge is 0.337 e. The van der Waals surface area contributed by atoms with E-state index < -0.39 is 17.7 Å². The van der Waals surface area contributed by atoms with Gasteiger partial charge in [-0.05, 0) is 30.8 Å². The summed E-state index contributed by atoms with van der Waals surface area (Å²) in [6.07, 6.45) is 7.52. The third-order valence-corrected chi connectivity index (χ3v) is 4.02. The Morgan fingerprint density at radius 2 is 2.08 bits per heavy atom. The third-order valence-electron chi connectivity index (χ3n) is 3.73. The first-order chi connectivity index (χ1) is 12.2. The van der Waals surface area contributed by atoms with Crippen molar-refractivity contribution in [1.82, 2.24) is 14.9 Å². The predicted molar refractivity (Wildman–Crippen MR) is 98.4 cm³/mol. The van der Waals surface area contributed by atoms with Crippen LogP contribution in [0.15, 0.2) is 54.0 Å². The van der Waals surface area contributed by atoms with Gasteiger partial charge in [-0.2, -0.15) is 0 Å². The molecule has 0 saturated carbocycles. The molecule has 1 atom stereocenters. The Hall–Kier alpha value is -2.87. The van der Waals surface area contributed by atoms with E-state index in [9.17, 15) is 9.59 Å². The first-order valence-corrected chi connectivity index (χ1v) is 8.27. The average Bonchev–Trinajstić information content (AvgIpc) is 3.11. The molecule has 1 saturated heterocycles. The molecule has 2 heterocycles. The monoisotopic (exact) mass is 355 g/mol. The van der Waals surface area contributed by atoms with E-state index in [4.69, 9.17) is 12.2 Å². The lowest BCUT2D eigenvalue weighted by molar-refractivity contribution is -0.130. The number of hydrogen-bond acceptors (Lipinski definition) is 5. The molecule has 1 N–H and O–H groups in total. The Morgan fingerprint density at radius 3 is 2.80 bits per heavy atom. The van der Waals surface area contributed by atoms with Gasteiger partial charge in [0.05, 0.1) is 12.0 Å². The van der Waals surface area contributed by atoms with Crippen molar-refractivity contribution in [2.24, 2.45) is 10.9 Å². The molecule has 3 rings (SSSR count). The van der Waals surface area contributed by atoms with Crippen molar-refractivity contribution >= 4 is 41.0 Å². The Kier molecular flexibility index (Phi) is 5.30. The molecule has 25 heavy (non-hydrogen) atoms. The highest BCUT2D eigenvalue weighted by Crippen LogP contribution is 2.19. The van der Waals surface area contributed by atoms with Gasteiger partial charge in [0.2, 0.25) is 5.91 Å². The van der Waals surface area contributed by atoms with Gasteiger partial charge in [0, 0.05) is 31.7 Å². The fourth-order valence-corrected chi connectivity index (χ4v) is 2.78. The van der Waals surface area contributed by atoms with Crippen LogP contribution in [0.25, 0.3) is 0 Å². The number of hydrogen-bond donors (Lipinski definition) is 1. The topological polar surface area (TPSA) is 79.6 Å². The van der Waals surface area contributed by atoms with E-state index in [2.05, 4.69) is 15.3 Å². The summed E-state index contributed by atoms with van der Waals surface area (Å²) in [5.41, 5.74) is 0.621. The van der Waals surface area contributed by atoms with Crippen LogP contribution in [0, 0.1) is 5.92 Å². The normalized spacial score (nSPS) is 18.0. The van der Waals surface area contributed by atoms with Crippen molar-refractivity contribution in [1.29, 1.82) is 0 Å². The van der Waals surface area contributed by atoms with Gasteiger partial charge in [0.15, 0.2) is 11.0 Å². The van der Waals surface area contributed by atoms with Gasteiger partial charge in [-0.1, -0.05) is 18.2 Å². The molecule has 8 heteroatoms. The van der Waals surface area contributed by atoms with Gasteiger partial charge in [0.25, 0.3) is 5.91 Å². The van der Waals surface area contributed by atoms with E-state index >= 15 is 0 Å². The molecule has 1 fully saturated rings. The number of benzene rings is 1. The second-order valence-electron chi connectivity index (χ2n) is 5.49. The number of aliphatic imine (C=N–C) groups is 1. The predicted octanol–water partition coefficient (Wildman–Crippen LogP) is 1.41. The van der Waals surface area contributed by atoms with Crippen LogP contribution in [0.2, 0.25) is 0 Å². The second kappa shape index (κ2) is 7.80. The Morgan fingerprint density at radius 1 is 1.28 bits per heavy atom. The van der Waals surface area contributed by atoms with Crippen LogP contribution in [-0.4, -0.2) is 39.2 Å². The summed E-state index contributed by atoms with van der Waals surface area (Å²) in [5, 5.41) is 2.65. The quantitative estimate of drug-likeness (QED) is 0.368. The van der Waals surface area contributed by atoms with Gasteiger partial charge >= 0.3 is 0 Å². The molecule has 1 aromatic heterocycles. The van der Waals surface area contributed by atoms with Crippen molar-refractivity contribution in [2.45, 2.75) is 13.0 Å². The zero-order valence-electron chi connectivity index (χ0n) is 13.4. The maximum atomic E-state index is 12.7. The minimum absolute atomic E-state index is 0.0888. The van der Waals surface area contributed by atoms with Crippen molar-refractivity contribution in [3.63, 3.8) is 0 Å². The Labute approximate surface area is 150 Å². The highest BCUT2D eigenvalue weighted by Gasteiger charge is 2.38. The molecule has 1 aliphatic heterocycles. The van der Waals surface area contributed by atoms with E-state index in [1.165, 1.54) is 11.1 Å². The third kappa shape index (κ3) is 3.97. The van der Waals surface area contributed by atoms with E-state index in [1.807, 2.05) is 16.8 Å². The van der Waals surface area contributed by atoms with Crippen molar-refractivity contribution in [2.75, 3.05) is 11.4 Å². The first kappa shape index (κ1) is 17.0. The number of imidazole rings is 1. The van der Waals surface area contributed by atoms with Crippen LogP contribution in [-0.2, 0) is 16.1 Å². The molecule has 1 aromatic carbocycles. The smallest absolute Gasteiger partial charge is 0.251 e. The van der Waals surface area contributed by atoms with E-state index in [0.717, 1.165) is 13.0 Å². The minimum Gasteiger partial charge on any atom is -0.337 e. The number of amides is 2. The van der Waals surface area contributed by atoms with Crippen molar-refractivity contribution in [3.8, 4) is 0 Å². The van der Waals surface area contributed by atoms with Crippen LogP contribution in [0.3, 0.4) is 0 Å². The van der Waals surface area contributed by atoms with Crippen LogP contribution >= 0.6 is 12.2 Å². The van der Waals surface area contributed by atoms with Gasteiger partial charge in [0.1, 0.15) is 0 Å². The summed E-state index contributed by atoms with van der Waals surface area (Å²) < 4.78 is 1.95. The number of aryl methyl sites for hydroxylation is 1. The van der Waals surface area contributed by atoms with Gasteiger partial charge in [-0.3, -0.25) is 19.5 Å². The number of thiocarbonyl (C=S) groups is 1. The number of rotatable bonds is 6. The lowest BCUT2D eigenvalue weighted by Gasteiger charge is -2.30. The number of para-hydroxylation sites is 1. The molecular weight excluding hydrogens is 338 g/mol. The summed E-state index contributed by atoms with van der Waals surface area (Å²) in [7, 11) is 0. The summed E-state index contributed by atoms with van der Waals surface area (Å²) in [5.74, 6) is -1.81. The van der Waals surface area contributed by atoms with E-state index in [0.29, 0.717) is 12.2 Å². The number of anilines is 1. The summed E-state index contributed by atoms with van der Waals surface area (Å²) in [6.45, 7) is 1.30. The fraction of sp³-hybridized carbons (Fsp3) is 0.235. The van der Waals surface area contributed by atoms with Gasteiger partial charge in [-0.15, -0.1) is 0 Å². The molecule has 0 aliphatic carbocycles. The van der Waals surface area contributed by atoms with Gasteiger partial charge in [-0.25, -0.2) is 4.98 Å². The molecule has 0 spiro atoms. The maximum Gasteiger partial charge on any atom is 0.251 e. The highest BCUT2D eigenvalue weighted by atomic mass is 32.1. The number of nitrogens with zero attached hydrogens (tertiary/aromatic N) is 4. The van der Waals surface area contributed by atoms with Crippen molar-refractivity contribution < 1.29 is 9.59 Å². The number of carbonyl (C=O) groups is 2. The molecule has 0 bridgehead atoms. The fourth-order valence-electron chi connectivity index (χ4n) is 2.49. The Bertz CT molecular complexity index is 789. The lowest BCUT2D eigenvalue weighted by atomic mass is 10.1. The second-order valence-corrected chi connectivity index (χ2v) is 5.88. The first-order valence-electron chi connectivity index (χ1n) is 7.86. The molecular formula is C17H17N5O2S. The molecule has 0 unspecified atom stereocenters. The molecule has 2 amide bonds. The van der Waals surface area contributed by atoms with Gasteiger partial charge < -0.3 is 9.88 Å². The lowest BCUT2D eigenvalue weighted by Crippen LogP contribution is -2.58. The molecule has 0 radical (unpaired) electrons. The SMILES string of the molecule is O=C1NC(=S)N(c2ccccc2)C(=O)[C@@H]1C=NCCCn1ccnc1. The average molecular weight is 355 g/mol. The van der Waals surface area contributed by atoms with Crippen molar-refractivity contribution in [3.05, 3.63) is 49.1 Å². The zero-order valence-corrected chi connectivity index (χ0v) is 14.2. The summed E-state index contributed by atoms with van der Waals surface area (Å²) in [4.78, 5) is 34.3. The number of nitrogens with one attached hydrogen (secondary N) is 1. The molecule has 2 aromatic rings. The van der Waals surface area contributed by atoms with E-state index in [-0.39, 0.29) is 5.11 Å². The molecule has 7 nitrogen and oxygen atoms in total. The van der Waals surface area contributed by atoms with Crippen LogP contribution < -0.4 is 10.2 Å². The molecule has 1 aliphatic rings. The minimum atomic E-state index is -0.972. The number of carbonyl (C=O) groups excluding carboxylic acids is 2. The van der Waals surface area contributed by atoms with Crippen LogP contribution in [0.4, 0.5) is 5.69 Å². The molecule has 128 valence electrons. The van der Waals surface area contributed by atoms with Crippen LogP contribution in [0.1, 0.15) is 6.42 Å². The van der Waals surface area contributed by atoms with E-state index in [1.54, 1.807) is 36.8 Å².